The third kappa shape index (κ3) is 10.2. The largest absolute Gasteiger partial charge is 0.489 e. The van der Waals surface area contributed by atoms with Gasteiger partial charge in [0.05, 0.1) is 19.8 Å². The van der Waals surface area contributed by atoms with Crippen molar-refractivity contribution >= 4 is 11.9 Å². The minimum atomic E-state index is -0.366. The Labute approximate surface area is 255 Å². The number of hydrogen-bond acceptors (Lipinski definition) is 6. The van der Waals surface area contributed by atoms with Crippen molar-refractivity contribution in [2.45, 2.75) is 76.9 Å². The van der Waals surface area contributed by atoms with E-state index in [9.17, 15) is 14.0 Å². The van der Waals surface area contributed by atoms with E-state index in [4.69, 9.17) is 14.2 Å². The molecule has 0 spiro atoms. The number of halogens is 1. The van der Waals surface area contributed by atoms with Gasteiger partial charge in [0.2, 0.25) is 0 Å². The van der Waals surface area contributed by atoms with Crippen LogP contribution in [0.3, 0.4) is 0 Å². The van der Waals surface area contributed by atoms with Gasteiger partial charge in [0.15, 0.2) is 0 Å². The summed E-state index contributed by atoms with van der Waals surface area (Å²) >= 11 is 0. The monoisotopic (exact) mass is 589 g/mol. The van der Waals surface area contributed by atoms with Crippen LogP contribution in [0.5, 0.6) is 5.75 Å². The zero-order chi connectivity index (χ0) is 30.4. The summed E-state index contributed by atoms with van der Waals surface area (Å²) in [5.74, 6) is 0.325. The molecule has 1 aliphatic rings. The van der Waals surface area contributed by atoms with E-state index in [-0.39, 0.29) is 17.8 Å². The Bertz CT molecular complexity index is 1300. The number of rotatable bonds is 15. The summed E-state index contributed by atoms with van der Waals surface area (Å²) in [5.41, 5.74) is 4.99. The molecule has 3 aromatic carbocycles. The molecule has 230 valence electrons. The van der Waals surface area contributed by atoms with Crippen LogP contribution in [0.15, 0.2) is 66.7 Å². The highest BCUT2D eigenvalue weighted by atomic mass is 19.1. The number of carbonyl (C=O) groups is 2. The topological polar surface area (TPSA) is 65.1 Å². The van der Waals surface area contributed by atoms with Gasteiger partial charge in [0.1, 0.15) is 18.2 Å². The van der Waals surface area contributed by atoms with Gasteiger partial charge < -0.3 is 14.2 Å². The van der Waals surface area contributed by atoms with Crippen LogP contribution in [0, 0.1) is 5.82 Å². The Hall–Kier alpha value is -3.71. The van der Waals surface area contributed by atoms with Crippen molar-refractivity contribution in [1.82, 2.24) is 4.90 Å². The molecular weight excluding hydrogens is 545 g/mol. The molecule has 0 aromatic heterocycles. The van der Waals surface area contributed by atoms with Gasteiger partial charge in [-0.15, -0.1) is 0 Å². The summed E-state index contributed by atoms with van der Waals surface area (Å²) in [7, 11) is 2.77. The number of carbonyl (C=O) groups excluding carboxylic acids is 2. The van der Waals surface area contributed by atoms with E-state index < -0.39 is 0 Å². The van der Waals surface area contributed by atoms with E-state index in [0.717, 1.165) is 42.6 Å². The Morgan fingerprint density at radius 3 is 2.26 bits per heavy atom. The molecule has 4 rings (SSSR count). The molecule has 0 bridgehead atoms. The Kier molecular flexibility index (Phi) is 12.6. The maximum absolute atomic E-state index is 14.3. The molecule has 43 heavy (non-hydrogen) atoms. The molecule has 7 heteroatoms. The van der Waals surface area contributed by atoms with Crippen LogP contribution in [0.4, 0.5) is 4.39 Å². The van der Waals surface area contributed by atoms with Crippen molar-refractivity contribution in [2.75, 3.05) is 27.3 Å². The Morgan fingerprint density at radius 1 is 0.837 bits per heavy atom. The second kappa shape index (κ2) is 16.8. The lowest BCUT2D eigenvalue weighted by Crippen LogP contribution is -2.27. The van der Waals surface area contributed by atoms with Crippen molar-refractivity contribution < 1.29 is 28.2 Å². The normalized spacial score (nSPS) is 13.6. The number of methoxy groups -OCH3 is 2. The minimum Gasteiger partial charge on any atom is -0.489 e. The molecule has 0 N–H and O–H groups in total. The first-order chi connectivity index (χ1) is 20.9. The molecule has 1 saturated carbocycles. The van der Waals surface area contributed by atoms with Gasteiger partial charge >= 0.3 is 11.9 Å². The first-order valence-corrected chi connectivity index (χ1v) is 15.4. The van der Waals surface area contributed by atoms with Crippen LogP contribution >= 0.6 is 0 Å². The lowest BCUT2D eigenvalue weighted by Gasteiger charge is -2.23. The quantitative estimate of drug-likeness (QED) is 0.134. The van der Waals surface area contributed by atoms with Crippen molar-refractivity contribution in [3.8, 4) is 5.75 Å². The first kappa shape index (κ1) is 32.2. The summed E-state index contributed by atoms with van der Waals surface area (Å²) < 4.78 is 30.0. The molecule has 0 amide bonds. The summed E-state index contributed by atoms with van der Waals surface area (Å²) in [5, 5.41) is 0. The highest BCUT2D eigenvalue weighted by molar-refractivity contribution is 5.89. The molecule has 6 nitrogen and oxygen atoms in total. The van der Waals surface area contributed by atoms with Gasteiger partial charge in [-0.3, -0.25) is 9.69 Å². The number of hydrogen-bond donors (Lipinski definition) is 0. The summed E-state index contributed by atoms with van der Waals surface area (Å²) in [6.07, 6.45) is 9.12. The average molecular weight is 590 g/mol. The zero-order valence-corrected chi connectivity index (χ0v) is 25.5. The fourth-order valence-corrected chi connectivity index (χ4v) is 5.73. The average Bonchev–Trinajstić information content (AvgIpc) is 3.05. The molecule has 0 heterocycles. The molecule has 0 aliphatic heterocycles. The maximum Gasteiger partial charge on any atom is 0.337 e. The van der Waals surface area contributed by atoms with E-state index in [1.54, 1.807) is 18.2 Å². The zero-order valence-electron chi connectivity index (χ0n) is 25.5. The van der Waals surface area contributed by atoms with Crippen molar-refractivity contribution in [3.05, 3.63) is 100 Å². The number of benzene rings is 3. The smallest absolute Gasteiger partial charge is 0.337 e. The number of nitrogens with zero attached hydrogens (tertiary/aromatic N) is 1. The summed E-state index contributed by atoms with van der Waals surface area (Å²) in [6, 6.07) is 20.8. The van der Waals surface area contributed by atoms with Crippen LogP contribution < -0.4 is 4.74 Å². The van der Waals surface area contributed by atoms with Crippen molar-refractivity contribution in [2.24, 2.45) is 0 Å². The Balaban J connectivity index is 1.38. The molecule has 0 atom stereocenters. The highest BCUT2D eigenvalue weighted by Crippen LogP contribution is 2.32. The first-order valence-electron chi connectivity index (χ1n) is 15.4. The maximum atomic E-state index is 14.3. The van der Waals surface area contributed by atoms with Gasteiger partial charge in [-0.2, -0.15) is 0 Å². The number of esters is 2. The van der Waals surface area contributed by atoms with Crippen LogP contribution in [0.1, 0.15) is 89.9 Å². The van der Waals surface area contributed by atoms with Crippen LogP contribution in [0.25, 0.3) is 0 Å². The van der Waals surface area contributed by atoms with Gasteiger partial charge in [0.25, 0.3) is 0 Å². The standard InChI is InChI=1S/C36H44FNO5/c1-41-35(39)10-6-7-22-38(25-27-11-17-32(18-12-27)36(40)42-2)23-21-31-19-20-33(37)24-34(31)43-26-28-13-15-30(16-14-28)29-8-4-3-5-9-29/h11-20,24,29H,3-10,21-23,25-26H2,1-2H3. The van der Waals surface area contributed by atoms with E-state index in [1.807, 2.05) is 12.1 Å². The van der Waals surface area contributed by atoms with E-state index in [2.05, 4.69) is 29.2 Å². The van der Waals surface area contributed by atoms with Crippen molar-refractivity contribution in [1.29, 1.82) is 0 Å². The Morgan fingerprint density at radius 2 is 1.56 bits per heavy atom. The molecule has 3 aromatic rings. The SMILES string of the molecule is COC(=O)CCCCN(CCc1ccc(F)cc1OCc1ccc(C2CCCCC2)cc1)Cc1ccc(C(=O)OC)cc1. The minimum absolute atomic E-state index is 0.207. The van der Waals surface area contributed by atoms with Gasteiger partial charge in [-0.1, -0.05) is 61.7 Å². The second-order valence-corrected chi connectivity index (χ2v) is 11.4. The molecule has 0 radical (unpaired) electrons. The molecule has 1 aliphatic carbocycles. The fourth-order valence-electron chi connectivity index (χ4n) is 5.73. The molecule has 1 fully saturated rings. The number of unbranched alkanes of at least 4 members (excludes halogenated alkanes) is 1. The third-order valence-corrected chi connectivity index (χ3v) is 8.29. The van der Waals surface area contributed by atoms with Gasteiger partial charge in [0, 0.05) is 25.6 Å². The lowest BCUT2D eigenvalue weighted by molar-refractivity contribution is -0.140. The molecular formula is C36H44FNO5. The second-order valence-electron chi connectivity index (χ2n) is 11.4. The van der Waals surface area contributed by atoms with Crippen LogP contribution in [-0.4, -0.2) is 44.1 Å². The summed E-state index contributed by atoms with van der Waals surface area (Å²) in [4.78, 5) is 25.7. The van der Waals surface area contributed by atoms with Crippen LogP contribution in [-0.2, 0) is 33.8 Å². The third-order valence-electron chi connectivity index (χ3n) is 8.29. The lowest BCUT2D eigenvalue weighted by atomic mass is 9.84. The molecule has 0 saturated heterocycles. The van der Waals surface area contributed by atoms with Gasteiger partial charge in [-0.25, -0.2) is 9.18 Å². The van der Waals surface area contributed by atoms with E-state index in [1.165, 1.54) is 64.0 Å². The number of ether oxygens (including phenoxy) is 3. The highest BCUT2D eigenvalue weighted by Gasteiger charge is 2.16. The van der Waals surface area contributed by atoms with E-state index in [0.29, 0.717) is 43.2 Å². The van der Waals surface area contributed by atoms with Crippen LogP contribution in [0.2, 0.25) is 0 Å². The summed E-state index contributed by atoms with van der Waals surface area (Å²) in [6.45, 7) is 2.55. The molecule has 0 unspecified atom stereocenters. The van der Waals surface area contributed by atoms with Crippen molar-refractivity contribution in [3.63, 3.8) is 0 Å². The fraction of sp³-hybridized carbons (Fsp3) is 0.444. The predicted molar refractivity (Wildman–Crippen MR) is 166 cm³/mol. The van der Waals surface area contributed by atoms with Gasteiger partial charge in [-0.05, 0) is 85.0 Å². The predicted octanol–water partition coefficient (Wildman–Crippen LogP) is 7.63. The van der Waals surface area contributed by atoms with E-state index >= 15 is 0 Å².